The largest absolute Gasteiger partial charge is 0.391 e. The van der Waals surface area contributed by atoms with Crippen molar-refractivity contribution in [3.8, 4) is 0 Å². The number of sulfonamides is 1. The second kappa shape index (κ2) is 6.49. The molecule has 1 aromatic rings. The second-order valence-corrected chi connectivity index (χ2v) is 6.61. The Morgan fingerprint density at radius 1 is 1.30 bits per heavy atom. The van der Waals surface area contributed by atoms with Crippen LogP contribution in [0.5, 0.6) is 0 Å². The van der Waals surface area contributed by atoms with Crippen LogP contribution in [0.4, 0.5) is 5.82 Å². The van der Waals surface area contributed by atoms with E-state index < -0.39 is 22.2 Å². The highest BCUT2D eigenvalue weighted by atomic mass is 32.2. The lowest BCUT2D eigenvalue weighted by Gasteiger charge is -2.22. The van der Waals surface area contributed by atoms with Crippen LogP contribution in [0.25, 0.3) is 0 Å². The van der Waals surface area contributed by atoms with Gasteiger partial charge in [0.1, 0.15) is 4.90 Å². The second-order valence-electron chi connectivity index (χ2n) is 4.93. The Morgan fingerprint density at radius 3 is 2.80 bits per heavy atom. The van der Waals surface area contributed by atoms with Gasteiger partial charge in [-0.1, -0.05) is 19.3 Å². The molecule has 5 N–H and O–H groups in total. The first-order valence-electron chi connectivity index (χ1n) is 6.66. The van der Waals surface area contributed by atoms with Gasteiger partial charge in [0, 0.05) is 12.2 Å². The van der Waals surface area contributed by atoms with Crippen molar-refractivity contribution in [2.24, 2.45) is 5.84 Å². The topological polar surface area (TPSA) is 117 Å². The van der Waals surface area contributed by atoms with Gasteiger partial charge in [0.2, 0.25) is 10.0 Å². The Bertz CT molecular complexity index is 549. The molecule has 1 saturated carbocycles. The van der Waals surface area contributed by atoms with Crippen molar-refractivity contribution in [2.75, 3.05) is 5.43 Å². The minimum atomic E-state index is -3.77. The molecule has 0 aliphatic heterocycles. The van der Waals surface area contributed by atoms with Gasteiger partial charge in [-0.3, -0.25) is 0 Å². The van der Waals surface area contributed by atoms with Gasteiger partial charge in [0.15, 0.2) is 5.82 Å². The summed E-state index contributed by atoms with van der Waals surface area (Å²) in [5.74, 6) is 5.36. The van der Waals surface area contributed by atoms with E-state index >= 15 is 0 Å². The summed E-state index contributed by atoms with van der Waals surface area (Å²) in [7, 11) is -3.77. The van der Waals surface area contributed by atoms with E-state index in [-0.39, 0.29) is 10.7 Å². The number of nitrogens with one attached hydrogen (secondary N) is 2. The van der Waals surface area contributed by atoms with E-state index in [1.54, 1.807) is 0 Å². The van der Waals surface area contributed by atoms with E-state index in [2.05, 4.69) is 15.1 Å². The van der Waals surface area contributed by atoms with Crippen LogP contribution < -0.4 is 16.0 Å². The minimum absolute atomic E-state index is 0.0149. The zero-order chi connectivity index (χ0) is 14.6. The molecule has 0 aromatic carbocycles. The Morgan fingerprint density at radius 2 is 2.05 bits per heavy atom. The average Bonchev–Trinajstić information content (AvgIpc) is 2.64. The van der Waals surface area contributed by atoms with Crippen molar-refractivity contribution in [1.29, 1.82) is 0 Å². The molecule has 1 fully saturated rings. The molecule has 0 saturated heterocycles. The number of nitrogens with zero attached hydrogens (tertiary/aromatic N) is 1. The molecule has 0 spiro atoms. The Kier molecular flexibility index (Phi) is 4.92. The summed E-state index contributed by atoms with van der Waals surface area (Å²) in [6.45, 7) is 0. The van der Waals surface area contributed by atoms with Crippen molar-refractivity contribution < 1.29 is 13.5 Å². The zero-order valence-electron chi connectivity index (χ0n) is 11.1. The molecule has 2 atom stereocenters. The SMILES string of the molecule is NNc1ncccc1S(=O)(=O)NC1CCCCCC1O. The third kappa shape index (κ3) is 3.45. The highest BCUT2D eigenvalue weighted by Gasteiger charge is 2.28. The van der Waals surface area contributed by atoms with Crippen molar-refractivity contribution in [3.05, 3.63) is 18.3 Å². The first-order chi connectivity index (χ1) is 9.54. The normalized spacial score (nSPS) is 24.1. The molecule has 0 amide bonds. The number of hydrogen-bond donors (Lipinski definition) is 4. The molecule has 0 radical (unpaired) electrons. The van der Waals surface area contributed by atoms with E-state index in [9.17, 15) is 13.5 Å². The third-order valence-electron chi connectivity index (χ3n) is 3.48. The quantitative estimate of drug-likeness (QED) is 0.362. The van der Waals surface area contributed by atoms with Gasteiger partial charge < -0.3 is 10.5 Å². The molecule has 2 unspecified atom stereocenters. The van der Waals surface area contributed by atoms with Crippen LogP contribution in [0, 0.1) is 0 Å². The summed E-state index contributed by atoms with van der Waals surface area (Å²) in [4.78, 5) is 3.86. The van der Waals surface area contributed by atoms with Crippen LogP contribution in [0.2, 0.25) is 0 Å². The Labute approximate surface area is 118 Å². The highest BCUT2D eigenvalue weighted by Crippen LogP contribution is 2.22. The summed E-state index contributed by atoms with van der Waals surface area (Å²) < 4.78 is 27.3. The summed E-state index contributed by atoms with van der Waals surface area (Å²) in [5.41, 5.74) is 2.27. The van der Waals surface area contributed by atoms with Gasteiger partial charge in [-0.15, -0.1) is 0 Å². The standard InChI is InChI=1S/C12H20N4O3S/c13-15-12-11(7-4-8-14-12)20(18,19)16-9-5-2-1-3-6-10(9)17/h4,7-10,16-17H,1-3,5-6,13H2,(H,14,15). The monoisotopic (exact) mass is 300 g/mol. The van der Waals surface area contributed by atoms with Gasteiger partial charge in [-0.05, 0) is 25.0 Å². The van der Waals surface area contributed by atoms with Crippen LogP contribution >= 0.6 is 0 Å². The molecule has 1 aliphatic rings. The maximum atomic E-state index is 12.4. The van der Waals surface area contributed by atoms with Crippen LogP contribution in [-0.2, 0) is 10.0 Å². The number of anilines is 1. The lowest BCUT2D eigenvalue weighted by atomic mass is 10.1. The number of nitrogen functional groups attached to an aromatic ring is 1. The van der Waals surface area contributed by atoms with Crippen molar-refractivity contribution in [1.82, 2.24) is 9.71 Å². The first-order valence-corrected chi connectivity index (χ1v) is 8.15. The predicted octanol–water partition coefficient (Wildman–Crippen LogP) is 0.339. The molecule has 1 aromatic heterocycles. The van der Waals surface area contributed by atoms with Gasteiger partial charge in [-0.2, -0.15) is 0 Å². The maximum Gasteiger partial charge on any atom is 0.244 e. The highest BCUT2D eigenvalue weighted by molar-refractivity contribution is 7.89. The van der Waals surface area contributed by atoms with Crippen molar-refractivity contribution in [3.63, 3.8) is 0 Å². The molecular formula is C12H20N4O3S. The fourth-order valence-corrected chi connectivity index (χ4v) is 3.83. The number of hydrazine groups is 1. The first kappa shape index (κ1) is 15.2. The number of aliphatic hydroxyl groups is 1. The third-order valence-corrected chi connectivity index (χ3v) is 5.00. The fraction of sp³-hybridized carbons (Fsp3) is 0.583. The van der Waals surface area contributed by atoms with Crippen LogP contribution in [0.1, 0.15) is 32.1 Å². The summed E-state index contributed by atoms with van der Waals surface area (Å²) in [6, 6.07) is 2.49. The molecule has 1 aliphatic carbocycles. The molecule has 8 heteroatoms. The average molecular weight is 300 g/mol. The molecule has 7 nitrogen and oxygen atoms in total. The van der Waals surface area contributed by atoms with Gasteiger partial charge in [0.25, 0.3) is 0 Å². The molecular weight excluding hydrogens is 280 g/mol. The van der Waals surface area contributed by atoms with Crippen LogP contribution in [0.3, 0.4) is 0 Å². The number of pyridine rings is 1. The molecule has 1 heterocycles. The lowest BCUT2D eigenvalue weighted by Crippen LogP contribution is -2.42. The number of hydrogen-bond acceptors (Lipinski definition) is 6. The Balaban J connectivity index is 2.22. The van der Waals surface area contributed by atoms with Gasteiger partial charge in [0.05, 0.1) is 6.10 Å². The molecule has 20 heavy (non-hydrogen) atoms. The summed E-state index contributed by atoms with van der Waals surface area (Å²) in [6.07, 6.45) is 4.88. The minimum Gasteiger partial charge on any atom is -0.391 e. The number of nitrogens with two attached hydrogens (primary N) is 1. The lowest BCUT2D eigenvalue weighted by molar-refractivity contribution is 0.130. The molecule has 2 rings (SSSR count). The van der Waals surface area contributed by atoms with E-state index in [0.717, 1.165) is 19.3 Å². The smallest absolute Gasteiger partial charge is 0.244 e. The molecule has 0 bridgehead atoms. The fourth-order valence-electron chi connectivity index (χ4n) is 2.40. The summed E-state index contributed by atoms with van der Waals surface area (Å²) in [5, 5.41) is 10.0. The summed E-state index contributed by atoms with van der Waals surface area (Å²) >= 11 is 0. The number of aliphatic hydroxyl groups excluding tert-OH is 1. The number of aromatic nitrogens is 1. The van der Waals surface area contributed by atoms with E-state index in [1.165, 1.54) is 18.3 Å². The van der Waals surface area contributed by atoms with E-state index in [1.807, 2.05) is 0 Å². The van der Waals surface area contributed by atoms with Gasteiger partial charge >= 0.3 is 0 Å². The van der Waals surface area contributed by atoms with E-state index in [0.29, 0.717) is 12.8 Å². The predicted molar refractivity (Wildman–Crippen MR) is 75.2 cm³/mol. The van der Waals surface area contributed by atoms with Crippen LogP contribution in [0.15, 0.2) is 23.2 Å². The van der Waals surface area contributed by atoms with Crippen molar-refractivity contribution >= 4 is 15.8 Å². The van der Waals surface area contributed by atoms with Gasteiger partial charge in [-0.25, -0.2) is 24.0 Å². The van der Waals surface area contributed by atoms with Crippen LogP contribution in [-0.4, -0.2) is 30.7 Å². The maximum absolute atomic E-state index is 12.4. The zero-order valence-corrected chi connectivity index (χ0v) is 11.9. The Hall–Kier alpha value is -1.22. The molecule has 112 valence electrons. The van der Waals surface area contributed by atoms with Crippen molar-refractivity contribution in [2.45, 2.75) is 49.1 Å². The van der Waals surface area contributed by atoms with E-state index in [4.69, 9.17) is 5.84 Å². The number of rotatable bonds is 4.